The van der Waals surface area contributed by atoms with Crippen LogP contribution in [-0.4, -0.2) is 16.9 Å². The maximum absolute atomic E-state index is 12.4. The van der Waals surface area contributed by atoms with Gasteiger partial charge in [-0.2, -0.15) is 0 Å². The number of rotatable bonds is 3. The lowest BCUT2D eigenvalue weighted by molar-refractivity contribution is 0.0939. The highest BCUT2D eigenvalue weighted by atomic mass is 32.1. The number of hydrogen-bond donors (Lipinski definition) is 1. The predicted octanol–water partition coefficient (Wildman–Crippen LogP) is 3.75. The van der Waals surface area contributed by atoms with Crippen LogP contribution in [0.2, 0.25) is 0 Å². The Bertz CT molecular complexity index is 685. The van der Waals surface area contributed by atoms with E-state index in [9.17, 15) is 4.79 Å². The lowest BCUT2D eigenvalue weighted by Crippen LogP contribution is -2.33. The summed E-state index contributed by atoms with van der Waals surface area (Å²) in [5, 5.41) is 4.28. The number of nitrogens with one attached hydrogen (secondary N) is 1. The summed E-state index contributed by atoms with van der Waals surface area (Å²) in [6, 6.07) is 2.36. The maximum atomic E-state index is 12.4. The molecular formula is C16H20N2OS. The van der Waals surface area contributed by atoms with Gasteiger partial charge >= 0.3 is 0 Å². The summed E-state index contributed by atoms with van der Waals surface area (Å²) in [6.45, 7) is 8.22. The average Bonchev–Trinajstić information content (AvgIpc) is 3.14. The molecule has 106 valence electrons. The molecule has 0 aliphatic heterocycles. The van der Waals surface area contributed by atoms with Gasteiger partial charge in [-0.25, -0.2) is 4.98 Å². The maximum Gasteiger partial charge on any atom is 0.261 e. The number of nitrogens with zero attached hydrogens (tertiary/aromatic N) is 1. The van der Waals surface area contributed by atoms with Gasteiger partial charge in [0.1, 0.15) is 4.83 Å². The Hall–Kier alpha value is -1.42. The summed E-state index contributed by atoms with van der Waals surface area (Å²) < 4.78 is 0. The van der Waals surface area contributed by atoms with Gasteiger partial charge in [-0.05, 0) is 63.6 Å². The Labute approximate surface area is 123 Å². The van der Waals surface area contributed by atoms with Crippen molar-refractivity contribution in [2.24, 2.45) is 5.92 Å². The predicted molar refractivity (Wildman–Crippen MR) is 83.5 cm³/mol. The normalized spacial score (nSPS) is 16.4. The molecule has 1 amide bonds. The highest BCUT2D eigenvalue weighted by Gasteiger charge is 2.30. The third kappa shape index (κ3) is 2.33. The van der Waals surface area contributed by atoms with Crippen molar-refractivity contribution in [1.82, 2.24) is 10.3 Å². The second-order valence-corrected chi connectivity index (χ2v) is 6.92. The molecule has 0 saturated heterocycles. The third-order valence-electron chi connectivity index (χ3n) is 4.12. The minimum Gasteiger partial charge on any atom is -0.349 e. The van der Waals surface area contributed by atoms with Crippen LogP contribution >= 0.6 is 11.3 Å². The van der Waals surface area contributed by atoms with Gasteiger partial charge in [0.05, 0.1) is 4.88 Å². The molecule has 0 aromatic carbocycles. The second-order valence-electron chi connectivity index (χ2n) is 5.92. The molecular weight excluding hydrogens is 268 g/mol. The molecule has 20 heavy (non-hydrogen) atoms. The molecule has 1 fully saturated rings. The number of thiophene rings is 1. The first-order chi connectivity index (χ1) is 9.47. The van der Waals surface area contributed by atoms with Gasteiger partial charge in [-0.15, -0.1) is 11.3 Å². The van der Waals surface area contributed by atoms with Crippen molar-refractivity contribution in [2.75, 3.05) is 0 Å². The van der Waals surface area contributed by atoms with Gasteiger partial charge < -0.3 is 5.32 Å². The van der Waals surface area contributed by atoms with E-state index in [0.29, 0.717) is 5.92 Å². The zero-order valence-corrected chi connectivity index (χ0v) is 13.2. The molecule has 4 heteroatoms. The molecule has 0 radical (unpaired) electrons. The van der Waals surface area contributed by atoms with E-state index in [2.05, 4.69) is 30.2 Å². The van der Waals surface area contributed by atoms with Crippen molar-refractivity contribution in [2.45, 2.75) is 46.6 Å². The van der Waals surface area contributed by atoms with Crippen LogP contribution in [0.3, 0.4) is 0 Å². The molecule has 1 saturated carbocycles. The Balaban J connectivity index is 1.96. The molecule has 1 N–H and O–H groups in total. The van der Waals surface area contributed by atoms with Crippen molar-refractivity contribution in [3.63, 3.8) is 0 Å². The minimum atomic E-state index is 0.0574. The van der Waals surface area contributed by atoms with Gasteiger partial charge in [0, 0.05) is 17.1 Å². The van der Waals surface area contributed by atoms with E-state index in [0.717, 1.165) is 26.4 Å². The highest BCUT2D eigenvalue weighted by Crippen LogP contribution is 2.34. The van der Waals surface area contributed by atoms with Crippen molar-refractivity contribution in [3.8, 4) is 0 Å². The van der Waals surface area contributed by atoms with Crippen molar-refractivity contribution in [3.05, 3.63) is 27.8 Å². The van der Waals surface area contributed by atoms with Crippen molar-refractivity contribution < 1.29 is 4.79 Å². The molecule has 2 heterocycles. The first kappa shape index (κ1) is 13.6. The lowest BCUT2D eigenvalue weighted by atomic mass is 10.1. The Morgan fingerprint density at radius 3 is 2.75 bits per heavy atom. The van der Waals surface area contributed by atoms with Crippen LogP contribution < -0.4 is 5.32 Å². The molecule has 1 aliphatic carbocycles. The quantitative estimate of drug-likeness (QED) is 0.934. The standard InChI is InChI=1S/C16H20N2OS/c1-8-7-9(2)17-16-13(8)10(3)14(20-16)15(19)18-11(4)12-5-6-12/h7,11-12H,5-6H2,1-4H3,(H,18,19)/t11-/m1/s1. The van der Waals surface area contributed by atoms with Crippen LogP contribution in [0, 0.1) is 26.7 Å². The Morgan fingerprint density at radius 1 is 1.40 bits per heavy atom. The van der Waals surface area contributed by atoms with Gasteiger partial charge in [0.15, 0.2) is 0 Å². The summed E-state index contributed by atoms with van der Waals surface area (Å²) in [5.41, 5.74) is 3.28. The van der Waals surface area contributed by atoms with E-state index < -0.39 is 0 Å². The summed E-state index contributed by atoms with van der Waals surface area (Å²) in [5.74, 6) is 0.734. The Kier molecular flexibility index (Phi) is 3.28. The van der Waals surface area contributed by atoms with Crippen LogP contribution in [0.4, 0.5) is 0 Å². The smallest absolute Gasteiger partial charge is 0.261 e. The van der Waals surface area contributed by atoms with Crippen LogP contribution in [0.1, 0.15) is 46.3 Å². The number of carbonyl (C=O) groups is 1. The summed E-state index contributed by atoms with van der Waals surface area (Å²) in [7, 11) is 0. The van der Waals surface area contributed by atoms with Crippen LogP contribution in [0.5, 0.6) is 0 Å². The molecule has 3 rings (SSSR count). The number of pyridine rings is 1. The molecule has 1 atom stereocenters. The van der Waals surface area contributed by atoms with E-state index in [1.54, 1.807) is 0 Å². The zero-order chi connectivity index (χ0) is 14.4. The zero-order valence-electron chi connectivity index (χ0n) is 12.4. The lowest BCUT2D eigenvalue weighted by Gasteiger charge is -2.12. The number of aromatic nitrogens is 1. The second kappa shape index (κ2) is 4.85. The van der Waals surface area contributed by atoms with Gasteiger partial charge in [0.2, 0.25) is 0 Å². The fourth-order valence-corrected chi connectivity index (χ4v) is 4.03. The van der Waals surface area contributed by atoms with E-state index >= 15 is 0 Å². The molecule has 0 unspecified atom stereocenters. The van der Waals surface area contributed by atoms with Gasteiger partial charge in [0.25, 0.3) is 5.91 Å². The highest BCUT2D eigenvalue weighted by molar-refractivity contribution is 7.20. The van der Waals surface area contributed by atoms with Crippen LogP contribution in [0.25, 0.3) is 10.2 Å². The SMILES string of the molecule is Cc1cc(C)c2c(C)c(C(=O)N[C@H](C)C3CC3)sc2n1. The number of fused-ring (bicyclic) bond motifs is 1. The largest absolute Gasteiger partial charge is 0.349 e. The molecule has 0 bridgehead atoms. The topological polar surface area (TPSA) is 42.0 Å². The van der Waals surface area contributed by atoms with E-state index in [1.807, 2.05) is 13.8 Å². The average molecular weight is 288 g/mol. The van der Waals surface area contributed by atoms with Gasteiger partial charge in [-0.3, -0.25) is 4.79 Å². The number of aryl methyl sites for hydroxylation is 3. The van der Waals surface area contributed by atoms with Crippen LogP contribution in [0.15, 0.2) is 6.07 Å². The van der Waals surface area contributed by atoms with E-state index in [1.165, 1.54) is 29.7 Å². The summed E-state index contributed by atoms with van der Waals surface area (Å²) in [6.07, 6.45) is 2.49. The Morgan fingerprint density at radius 2 is 2.10 bits per heavy atom. The minimum absolute atomic E-state index is 0.0574. The number of hydrogen-bond acceptors (Lipinski definition) is 3. The van der Waals surface area contributed by atoms with E-state index in [4.69, 9.17) is 0 Å². The summed E-state index contributed by atoms with van der Waals surface area (Å²) in [4.78, 5) is 18.8. The molecule has 2 aromatic rings. The first-order valence-electron chi connectivity index (χ1n) is 7.15. The van der Waals surface area contributed by atoms with Crippen molar-refractivity contribution in [1.29, 1.82) is 0 Å². The summed E-state index contributed by atoms with van der Waals surface area (Å²) >= 11 is 1.51. The molecule has 1 aliphatic rings. The van der Waals surface area contributed by atoms with E-state index in [-0.39, 0.29) is 11.9 Å². The fourth-order valence-electron chi connectivity index (χ4n) is 2.82. The van der Waals surface area contributed by atoms with Crippen molar-refractivity contribution >= 4 is 27.5 Å². The van der Waals surface area contributed by atoms with Gasteiger partial charge in [-0.1, -0.05) is 0 Å². The van der Waals surface area contributed by atoms with Crippen LogP contribution in [-0.2, 0) is 0 Å². The third-order valence-corrected chi connectivity index (χ3v) is 5.30. The monoisotopic (exact) mass is 288 g/mol. The molecule has 3 nitrogen and oxygen atoms in total. The number of amides is 1. The fraction of sp³-hybridized carbons (Fsp3) is 0.500. The first-order valence-corrected chi connectivity index (χ1v) is 7.97. The molecule has 2 aromatic heterocycles. The number of carbonyl (C=O) groups excluding carboxylic acids is 1. The molecule has 0 spiro atoms.